The number of aliphatic hydroxyl groups is 1. The van der Waals surface area contributed by atoms with Crippen LogP contribution < -0.4 is 0 Å². The molecular weight excluding hydrogens is 564 g/mol. The van der Waals surface area contributed by atoms with Gasteiger partial charge in [-0.1, -0.05) is 58.4 Å². The minimum atomic E-state index is -1.23. The summed E-state index contributed by atoms with van der Waals surface area (Å²) in [7, 11) is 0. The van der Waals surface area contributed by atoms with E-state index in [-0.39, 0.29) is 35.9 Å². The molecule has 1 aromatic rings. The first-order chi connectivity index (χ1) is 18.7. The third-order valence-electron chi connectivity index (χ3n) is 8.21. The molecule has 3 aliphatic rings. The largest absolute Gasteiger partial charge is 0.465 e. The summed E-state index contributed by atoms with van der Waals surface area (Å²) in [5.41, 5.74) is -0.524. The molecule has 3 fully saturated rings. The quantitative estimate of drug-likeness (QED) is 0.160. The lowest BCUT2D eigenvalue weighted by Crippen LogP contribution is -2.58. The van der Waals surface area contributed by atoms with Gasteiger partial charge in [-0.2, -0.15) is 0 Å². The van der Waals surface area contributed by atoms with E-state index in [1.807, 2.05) is 50.3 Å². The van der Waals surface area contributed by atoms with Crippen LogP contribution in [0.2, 0.25) is 0 Å². The Morgan fingerprint density at radius 3 is 2.59 bits per heavy atom. The van der Waals surface area contributed by atoms with Gasteiger partial charge in [-0.3, -0.25) is 14.4 Å². The van der Waals surface area contributed by atoms with E-state index in [1.54, 1.807) is 11.0 Å². The van der Waals surface area contributed by atoms with Crippen LogP contribution in [0.3, 0.4) is 0 Å². The molecule has 0 aromatic heterocycles. The summed E-state index contributed by atoms with van der Waals surface area (Å²) in [4.78, 5) is 45.1. The normalized spacial score (nSPS) is 29.8. The van der Waals surface area contributed by atoms with Gasteiger partial charge in [0.2, 0.25) is 11.8 Å². The van der Waals surface area contributed by atoms with Crippen molar-refractivity contribution in [3.8, 4) is 0 Å². The molecule has 39 heavy (non-hydrogen) atoms. The molecule has 2 bridgehead atoms. The van der Waals surface area contributed by atoms with Gasteiger partial charge >= 0.3 is 5.97 Å². The van der Waals surface area contributed by atoms with Crippen LogP contribution in [0.4, 0.5) is 0 Å². The molecule has 3 aliphatic heterocycles. The Hall–Kier alpha value is -2.49. The molecule has 4 rings (SSSR count). The predicted molar refractivity (Wildman–Crippen MR) is 151 cm³/mol. The fourth-order valence-electron chi connectivity index (χ4n) is 6.49. The second kappa shape index (κ2) is 12.4. The average Bonchev–Trinajstić information content (AvgIpc) is 3.51. The lowest BCUT2D eigenvalue weighted by molar-refractivity contribution is -0.157. The van der Waals surface area contributed by atoms with Crippen LogP contribution in [0.5, 0.6) is 0 Å². The van der Waals surface area contributed by atoms with Crippen molar-refractivity contribution in [1.29, 1.82) is 0 Å². The number of rotatable bonds is 13. The van der Waals surface area contributed by atoms with Gasteiger partial charge in [0, 0.05) is 17.4 Å². The number of amides is 2. The van der Waals surface area contributed by atoms with Crippen molar-refractivity contribution in [2.45, 2.75) is 74.2 Å². The molecule has 8 nitrogen and oxygen atoms in total. The van der Waals surface area contributed by atoms with E-state index < -0.39 is 41.6 Å². The van der Waals surface area contributed by atoms with E-state index in [9.17, 15) is 19.5 Å². The van der Waals surface area contributed by atoms with Gasteiger partial charge in [-0.05, 0) is 45.1 Å². The molecule has 3 unspecified atom stereocenters. The highest BCUT2D eigenvalue weighted by molar-refractivity contribution is 9.09. The Labute approximate surface area is 239 Å². The van der Waals surface area contributed by atoms with Crippen LogP contribution in [0.25, 0.3) is 0 Å². The van der Waals surface area contributed by atoms with E-state index in [1.165, 1.54) is 4.90 Å². The highest BCUT2D eigenvalue weighted by atomic mass is 79.9. The zero-order valence-electron chi connectivity index (χ0n) is 22.7. The number of unbranched alkanes of at least 4 members (excludes halogenated alkanes) is 2. The molecule has 1 spiro atoms. The van der Waals surface area contributed by atoms with Crippen molar-refractivity contribution in [3.05, 3.63) is 61.2 Å². The second-order valence-electron chi connectivity index (χ2n) is 10.8. The van der Waals surface area contributed by atoms with E-state index in [0.717, 1.165) is 12.8 Å². The monoisotopic (exact) mass is 602 g/mol. The van der Waals surface area contributed by atoms with E-state index in [4.69, 9.17) is 9.47 Å². The summed E-state index contributed by atoms with van der Waals surface area (Å²) >= 11 is 3.69. The Balaban J connectivity index is 1.76. The number of halogens is 1. The smallest absolute Gasteiger partial charge is 0.312 e. The van der Waals surface area contributed by atoms with Gasteiger partial charge in [0.25, 0.3) is 0 Å². The van der Waals surface area contributed by atoms with Crippen molar-refractivity contribution in [2.75, 3.05) is 19.8 Å². The third-order valence-corrected chi connectivity index (χ3v) is 9.05. The second-order valence-corrected chi connectivity index (χ2v) is 12.0. The van der Waals surface area contributed by atoms with Gasteiger partial charge in [0.05, 0.1) is 37.2 Å². The van der Waals surface area contributed by atoms with E-state index in [0.29, 0.717) is 24.9 Å². The van der Waals surface area contributed by atoms with Crippen LogP contribution in [0, 0.1) is 11.8 Å². The highest BCUT2D eigenvalue weighted by Crippen LogP contribution is 2.61. The Morgan fingerprint density at radius 1 is 1.26 bits per heavy atom. The molecule has 1 aromatic carbocycles. The number of carbonyl (C=O) groups excluding carboxylic acids is 3. The number of hydrogen-bond donors (Lipinski definition) is 1. The molecule has 0 saturated carbocycles. The number of esters is 1. The fourth-order valence-corrected chi connectivity index (χ4v) is 7.44. The predicted octanol–water partition coefficient (Wildman–Crippen LogP) is 3.79. The zero-order chi connectivity index (χ0) is 28.3. The lowest BCUT2D eigenvalue weighted by Gasteiger charge is -2.40. The summed E-state index contributed by atoms with van der Waals surface area (Å²) in [5, 5.41) is 10.6. The van der Waals surface area contributed by atoms with Crippen molar-refractivity contribution < 1.29 is 29.0 Å². The molecule has 212 valence electrons. The molecule has 9 heteroatoms. The Morgan fingerprint density at radius 2 is 1.97 bits per heavy atom. The molecule has 2 amide bonds. The number of ether oxygens (including phenoxy) is 2. The zero-order valence-corrected chi connectivity index (χ0v) is 24.3. The van der Waals surface area contributed by atoms with Crippen molar-refractivity contribution in [1.82, 2.24) is 9.80 Å². The molecule has 0 radical (unpaired) electrons. The summed E-state index contributed by atoms with van der Waals surface area (Å²) in [5.74, 6) is -2.87. The number of alkyl halides is 1. The summed E-state index contributed by atoms with van der Waals surface area (Å²) in [6.07, 6.45) is 5.65. The Bertz CT molecular complexity index is 1080. The lowest BCUT2D eigenvalue weighted by atomic mass is 9.70. The van der Waals surface area contributed by atoms with Gasteiger partial charge in [-0.25, -0.2) is 0 Å². The van der Waals surface area contributed by atoms with Crippen LogP contribution in [0.1, 0.15) is 51.1 Å². The number of benzene rings is 1. The van der Waals surface area contributed by atoms with Gasteiger partial charge in [0.1, 0.15) is 11.6 Å². The number of hydrogen-bond acceptors (Lipinski definition) is 6. The minimum absolute atomic E-state index is 0.165. The molecule has 1 N–H and O–H groups in total. The van der Waals surface area contributed by atoms with Crippen LogP contribution in [-0.2, 0) is 23.9 Å². The van der Waals surface area contributed by atoms with Gasteiger partial charge in [-0.15, -0.1) is 13.2 Å². The summed E-state index contributed by atoms with van der Waals surface area (Å²) in [6.45, 7) is 11.5. The summed E-state index contributed by atoms with van der Waals surface area (Å²) < 4.78 is 12.2. The first-order valence-electron chi connectivity index (χ1n) is 13.7. The van der Waals surface area contributed by atoms with Crippen LogP contribution in [-0.4, -0.2) is 81.1 Å². The maximum absolute atomic E-state index is 14.4. The SMILES string of the molecule is C=CCCCCOC(=O)[C@H]1[C@@H]2OC3(CC2Br)C(C(=O)N(CC=C)C(C)C)N([C@H](CO)c2ccccc2)C(=O)[C@H]13. The molecule has 0 aliphatic carbocycles. The summed E-state index contributed by atoms with van der Waals surface area (Å²) in [6, 6.07) is 7.19. The Kier molecular flexibility index (Phi) is 9.34. The molecule has 7 atom stereocenters. The first-order valence-corrected chi connectivity index (χ1v) is 14.6. The maximum atomic E-state index is 14.4. The highest BCUT2D eigenvalue weighted by Gasteiger charge is 2.77. The number of aliphatic hydroxyl groups excluding tert-OH is 1. The molecule has 3 heterocycles. The fraction of sp³-hybridized carbons (Fsp3) is 0.567. The maximum Gasteiger partial charge on any atom is 0.312 e. The number of allylic oxidation sites excluding steroid dienone is 1. The number of nitrogens with zero attached hydrogens (tertiary/aromatic N) is 2. The van der Waals surface area contributed by atoms with Crippen molar-refractivity contribution >= 4 is 33.7 Å². The van der Waals surface area contributed by atoms with E-state index in [2.05, 4.69) is 29.1 Å². The van der Waals surface area contributed by atoms with Crippen LogP contribution >= 0.6 is 15.9 Å². The number of carbonyl (C=O) groups is 3. The molecule has 3 saturated heterocycles. The van der Waals surface area contributed by atoms with Gasteiger partial charge in [0.15, 0.2) is 0 Å². The third kappa shape index (κ3) is 5.21. The first kappa shape index (κ1) is 29.5. The topological polar surface area (TPSA) is 96.4 Å². The van der Waals surface area contributed by atoms with Gasteiger partial charge < -0.3 is 24.4 Å². The number of likely N-dealkylation sites (tertiary alicyclic amines) is 1. The van der Waals surface area contributed by atoms with E-state index >= 15 is 0 Å². The van der Waals surface area contributed by atoms with Crippen LogP contribution in [0.15, 0.2) is 55.6 Å². The van der Waals surface area contributed by atoms with Crippen molar-refractivity contribution in [2.24, 2.45) is 11.8 Å². The molecular formula is C30H39BrN2O6. The van der Waals surface area contributed by atoms with Crippen molar-refractivity contribution in [3.63, 3.8) is 0 Å². The number of fused-ring (bicyclic) bond motifs is 1. The minimum Gasteiger partial charge on any atom is -0.465 e. The standard InChI is InChI=1S/C30H39BrN2O6/c1-5-7-8-12-16-38-29(37)23-24-27(35)33(22(18-34)20-13-10-9-11-14-20)26(28(36)32(15-6-2)19(3)4)30(24)17-21(31)25(23)39-30/h5-6,9-11,13-14,19,21-26,34H,1-2,7-8,12,15-18H2,3-4H3/t21?,22-,23-,24+,25-,26?,30?/m1/s1. The average molecular weight is 604 g/mol.